The van der Waals surface area contributed by atoms with E-state index in [2.05, 4.69) is 25.4 Å². The Balaban J connectivity index is 0. The molecule has 0 amide bonds. The quantitative estimate of drug-likeness (QED) is 0.661. The first kappa shape index (κ1) is 16.9. The first-order valence-corrected chi connectivity index (χ1v) is 5.36. The van der Waals surface area contributed by atoms with Crippen molar-refractivity contribution in [2.75, 3.05) is 26.7 Å². The van der Waals surface area contributed by atoms with Crippen molar-refractivity contribution in [2.45, 2.75) is 20.8 Å². The summed E-state index contributed by atoms with van der Waals surface area (Å²) in [5, 5.41) is 24.6. The van der Waals surface area contributed by atoms with Crippen molar-refractivity contribution in [1.82, 2.24) is 0 Å². The minimum Gasteiger partial charge on any atom is -0.559 e. The maximum atomic E-state index is 8.18. The summed E-state index contributed by atoms with van der Waals surface area (Å²) in [6, 6.07) is 0. The van der Waals surface area contributed by atoms with Gasteiger partial charge in [0, 0.05) is 0 Å². The van der Waals surface area contributed by atoms with Crippen LogP contribution in [0.1, 0.15) is 20.8 Å². The zero-order valence-corrected chi connectivity index (χ0v) is 10.4. The molecule has 0 spiro atoms. The molecule has 0 bridgehead atoms. The molecular weight excluding hydrogens is 203 g/mol. The molecule has 1 N–H and O–H groups in total. The van der Waals surface area contributed by atoms with Crippen LogP contribution < -0.4 is 4.90 Å². The molecule has 0 rings (SSSR count). The van der Waals surface area contributed by atoms with Gasteiger partial charge in [0.1, 0.15) is 0 Å². The molecule has 6 heteroatoms. The lowest BCUT2D eigenvalue weighted by Crippen LogP contribution is -3.11. The fourth-order valence-corrected chi connectivity index (χ4v) is 0.995. The summed E-state index contributed by atoms with van der Waals surface area (Å²) < 4.78 is 4.36. The van der Waals surface area contributed by atoms with E-state index in [0.29, 0.717) is 0 Å². The Bertz CT molecular complexity index is 254. The van der Waals surface area contributed by atoms with Crippen molar-refractivity contribution in [3.63, 3.8) is 0 Å². The van der Waals surface area contributed by atoms with Crippen molar-refractivity contribution < 1.29 is 9.55 Å². The number of quaternary nitrogens is 1. The lowest BCUT2D eigenvalue weighted by molar-refractivity contribution is -0.894. The molecule has 0 aromatic heterocycles. The smallest absolute Gasteiger partial charge is 0.408 e. The van der Waals surface area contributed by atoms with Crippen LogP contribution in [0.2, 0.25) is 0 Å². The van der Waals surface area contributed by atoms with E-state index in [4.69, 9.17) is 15.8 Å². The third-order valence-electron chi connectivity index (χ3n) is 2.40. The second-order valence-electron chi connectivity index (χ2n) is 3.22. The van der Waals surface area contributed by atoms with Crippen molar-refractivity contribution in [3.8, 4) is 17.9 Å². The average Bonchev–Trinajstić information content (AvgIpc) is 2.36. The monoisotopic (exact) mass is 222 g/mol. The maximum Gasteiger partial charge on any atom is 0.408 e. The van der Waals surface area contributed by atoms with E-state index >= 15 is 0 Å². The number of hydrogen-bond acceptors (Lipinski definition) is 4. The highest BCUT2D eigenvalue weighted by molar-refractivity contribution is 6.94. The molecule has 0 aliphatic carbocycles. The van der Waals surface area contributed by atoms with Gasteiger partial charge >= 0.3 is 6.35 Å². The van der Waals surface area contributed by atoms with E-state index in [0.717, 1.165) is 7.11 Å². The number of hydrogen-bond donors (Lipinski definition) is 1. The van der Waals surface area contributed by atoms with Crippen LogP contribution >= 0.6 is 0 Å². The van der Waals surface area contributed by atoms with Gasteiger partial charge in [0.25, 0.3) is 0 Å². The normalized spacial score (nSPS) is 9.38. The van der Waals surface area contributed by atoms with Crippen LogP contribution in [0.4, 0.5) is 0 Å². The van der Waals surface area contributed by atoms with Gasteiger partial charge in [-0.05, 0) is 27.9 Å². The standard InChI is InChI=1S/C6H15N.C4H3BN3O/c1-4-7(5-2)6-3;1-9-5(2-6,3-7)4-8/h4-6H2,1-3H3;1H3/q;-1/p+1. The summed E-state index contributed by atoms with van der Waals surface area (Å²) in [6.07, 6.45) is -2.53. The molecule has 0 saturated heterocycles. The van der Waals surface area contributed by atoms with E-state index in [9.17, 15) is 0 Å². The fourth-order valence-electron chi connectivity index (χ4n) is 0.995. The Hall–Kier alpha value is -1.55. The molecule has 16 heavy (non-hydrogen) atoms. The molecule has 5 nitrogen and oxygen atoms in total. The Morgan fingerprint density at radius 1 is 0.938 bits per heavy atom. The topological polar surface area (TPSA) is 85.0 Å². The zero-order chi connectivity index (χ0) is 13.0. The fraction of sp³-hybridized carbons (Fsp3) is 0.700. The molecular formula is C10H19BN4O. The molecule has 0 radical (unpaired) electrons. The van der Waals surface area contributed by atoms with Crippen molar-refractivity contribution in [2.24, 2.45) is 0 Å². The van der Waals surface area contributed by atoms with Gasteiger partial charge in [-0.2, -0.15) is 0 Å². The van der Waals surface area contributed by atoms with Crippen molar-refractivity contribution >= 4 is 6.35 Å². The Morgan fingerprint density at radius 2 is 1.25 bits per heavy atom. The van der Waals surface area contributed by atoms with E-state index in [-0.39, 0.29) is 0 Å². The molecule has 0 aromatic carbocycles. The Morgan fingerprint density at radius 3 is 1.25 bits per heavy atom. The lowest BCUT2D eigenvalue weighted by atomic mass is 9.45. The number of nitriles is 3. The minimum atomic E-state index is -2.53. The van der Waals surface area contributed by atoms with Crippen LogP contribution in [0.3, 0.4) is 0 Å². The average molecular weight is 222 g/mol. The summed E-state index contributed by atoms with van der Waals surface area (Å²) in [5.74, 6) is 4.45. The predicted octanol–water partition coefficient (Wildman–Crippen LogP) is -0.302. The van der Waals surface area contributed by atoms with Crippen LogP contribution in [0, 0.1) is 33.7 Å². The lowest BCUT2D eigenvalue weighted by Gasteiger charge is -2.12. The Labute approximate surface area is 97.8 Å². The first-order valence-electron chi connectivity index (χ1n) is 5.36. The summed E-state index contributed by atoms with van der Waals surface area (Å²) in [5.41, 5.74) is 0. The molecule has 0 fully saturated rings. The van der Waals surface area contributed by atoms with Gasteiger partial charge in [-0.15, -0.1) is 0 Å². The van der Waals surface area contributed by atoms with Crippen LogP contribution in [0.15, 0.2) is 0 Å². The van der Waals surface area contributed by atoms with Crippen molar-refractivity contribution in [3.05, 3.63) is 0 Å². The number of nitrogens with one attached hydrogen (secondary N) is 1. The molecule has 0 aliphatic heterocycles. The summed E-state index contributed by atoms with van der Waals surface area (Å²) in [7, 11) is 1.16. The van der Waals surface area contributed by atoms with Gasteiger partial charge in [0.05, 0.1) is 19.6 Å². The molecule has 0 unspecified atom stereocenters. The van der Waals surface area contributed by atoms with E-state index in [1.165, 1.54) is 37.5 Å². The molecule has 0 heterocycles. The van der Waals surface area contributed by atoms with E-state index < -0.39 is 6.35 Å². The predicted molar refractivity (Wildman–Crippen MR) is 62.2 cm³/mol. The van der Waals surface area contributed by atoms with Gasteiger partial charge in [-0.25, -0.2) is 15.8 Å². The molecule has 88 valence electrons. The van der Waals surface area contributed by atoms with Gasteiger partial charge in [0.2, 0.25) is 0 Å². The summed E-state index contributed by atoms with van der Waals surface area (Å²) in [4.78, 5) is 1.68. The highest BCUT2D eigenvalue weighted by Gasteiger charge is 2.22. The van der Waals surface area contributed by atoms with Crippen LogP contribution in [0.25, 0.3) is 0 Å². The Kier molecular flexibility index (Phi) is 10.5. The third kappa shape index (κ3) is 6.04. The van der Waals surface area contributed by atoms with Gasteiger partial charge < -0.3 is 9.55 Å². The molecule has 0 atom stereocenters. The largest absolute Gasteiger partial charge is 0.559 e. The van der Waals surface area contributed by atoms with Crippen molar-refractivity contribution in [1.29, 1.82) is 15.8 Å². The highest BCUT2D eigenvalue weighted by atomic mass is 16.4. The number of rotatable bonds is 4. The van der Waals surface area contributed by atoms with E-state index in [1.54, 1.807) is 4.90 Å². The molecule has 0 aromatic rings. The number of nitrogens with zero attached hydrogens (tertiary/aromatic N) is 3. The van der Waals surface area contributed by atoms with Gasteiger partial charge in [0.15, 0.2) is 0 Å². The highest BCUT2D eigenvalue weighted by Crippen LogP contribution is 1.95. The molecule has 0 aliphatic rings. The second kappa shape index (κ2) is 9.99. The van der Waals surface area contributed by atoms with Crippen LogP contribution in [-0.4, -0.2) is 33.1 Å². The minimum absolute atomic E-state index is 1.16. The van der Waals surface area contributed by atoms with Gasteiger partial charge in [-0.3, -0.25) is 0 Å². The van der Waals surface area contributed by atoms with E-state index in [1.807, 2.05) is 0 Å². The van der Waals surface area contributed by atoms with Crippen LogP contribution in [0.5, 0.6) is 0 Å². The zero-order valence-electron chi connectivity index (χ0n) is 10.4. The molecule has 0 saturated carbocycles. The first-order chi connectivity index (χ1) is 7.59. The maximum absolute atomic E-state index is 8.18. The SMILES string of the molecule is CC[NH+](CC)CC.CO[B-](C#N)(C#N)C#N. The third-order valence-corrected chi connectivity index (χ3v) is 2.40. The second-order valence-corrected chi connectivity index (χ2v) is 3.22. The van der Waals surface area contributed by atoms with Crippen LogP contribution in [-0.2, 0) is 4.65 Å². The van der Waals surface area contributed by atoms with Gasteiger partial charge in [-0.1, -0.05) is 17.9 Å². The summed E-state index contributed by atoms with van der Waals surface area (Å²) >= 11 is 0. The summed E-state index contributed by atoms with van der Waals surface area (Å²) in [6.45, 7) is 10.5.